The van der Waals surface area contributed by atoms with Gasteiger partial charge in [-0.25, -0.2) is 0 Å². The van der Waals surface area contributed by atoms with E-state index in [9.17, 15) is 19.5 Å². The first kappa shape index (κ1) is 19.9. The molecule has 2 aliphatic rings. The third-order valence-electron chi connectivity index (χ3n) is 5.74. The number of piperazine rings is 1. The molecular weight excluding hydrogens is 382 g/mol. The van der Waals surface area contributed by atoms with Crippen molar-refractivity contribution in [2.24, 2.45) is 0 Å². The maximum Gasteiger partial charge on any atom is 0.261 e. The highest BCUT2D eigenvalue weighted by molar-refractivity contribution is 6.22. The van der Waals surface area contributed by atoms with Crippen LogP contribution in [0, 0.1) is 0 Å². The number of aromatic hydroxyl groups is 1. The molecule has 2 aromatic rings. The van der Waals surface area contributed by atoms with Gasteiger partial charge in [0, 0.05) is 38.3 Å². The average molecular weight is 407 g/mol. The van der Waals surface area contributed by atoms with Gasteiger partial charge in [-0.05, 0) is 36.8 Å². The zero-order valence-corrected chi connectivity index (χ0v) is 17.0. The number of anilines is 1. The lowest BCUT2D eigenvalue weighted by atomic mass is 10.0. The summed E-state index contributed by atoms with van der Waals surface area (Å²) in [6.45, 7) is 4.65. The number of hydrogen-bond donors (Lipinski definition) is 1. The molecule has 0 bridgehead atoms. The first-order valence-electron chi connectivity index (χ1n) is 10.3. The van der Waals surface area contributed by atoms with E-state index in [1.807, 2.05) is 19.1 Å². The number of benzene rings is 2. The fourth-order valence-corrected chi connectivity index (χ4v) is 4.01. The van der Waals surface area contributed by atoms with Crippen molar-refractivity contribution in [3.05, 3.63) is 59.2 Å². The van der Waals surface area contributed by atoms with Crippen molar-refractivity contribution in [3.8, 4) is 5.75 Å². The summed E-state index contributed by atoms with van der Waals surface area (Å²) in [6, 6.07) is 11.9. The fourth-order valence-electron chi connectivity index (χ4n) is 4.01. The zero-order valence-electron chi connectivity index (χ0n) is 17.0. The van der Waals surface area contributed by atoms with Gasteiger partial charge in [0.1, 0.15) is 5.75 Å². The molecule has 1 fully saturated rings. The van der Waals surface area contributed by atoms with Crippen molar-refractivity contribution in [3.63, 3.8) is 0 Å². The predicted molar refractivity (Wildman–Crippen MR) is 113 cm³/mol. The van der Waals surface area contributed by atoms with E-state index in [0.29, 0.717) is 49.4 Å². The normalized spacial score (nSPS) is 16.2. The van der Waals surface area contributed by atoms with E-state index in [4.69, 9.17) is 0 Å². The Labute approximate surface area is 175 Å². The van der Waals surface area contributed by atoms with E-state index in [1.165, 1.54) is 4.90 Å². The van der Waals surface area contributed by atoms with Crippen LogP contribution in [0.2, 0.25) is 0 Å². The second kappa shape index (κ2) is 8.18. The van der Waals surface area contributed by atoms with Gasteiger partial charge in [-0.15, -0.1) is 0 Å². The molecule has 7 nitrogen and oxygen atoms in total. The van der Waals surface area contributed by atoms with E-state index in [1.54, 1.807) is 35.2 Å². The summed E-state index contributed by atoms with van der Waals surface area (Å²) in [5, 5.41) is 10.0. The molecule has 0 spiro atoms. The van der Waals surface area contributed by atoms with Crippen molar-refractivity contribution in [1.82, 2.24) is 9.80 Å². The van der Waals surface area contributed by atoms with Crippen molar-refractivity contribution in [2.45, 2.75) is 19.8 Å². The molecule has 2 aromatic carbocycles. The van der Waals surface area contributed by atoms with Crippen LogP contribution < -0.4 is 4.90 Å². The Balaban J connectivity index is 1.46. The second-order valence-electron chi connectivity index (χ2n) is 7.64. The molecule has 0 unspecified atom stereocenters. The second-order valence-corrected chi connectivity index (χ2v) is 7.64. The number of unbranched alkanes of at least 4 members (excludes halogenated alkanes) is 1. The first-order valence-corrected chi connectivity index (χ1v) is 10.3. The Bertz CT molecular complexity index is 996. The summed E-state index contributed by atoms with van der Waals surface area (Å²) in [5.41, 5.74) is 1.87. The third kappa shape index (κ3) is 3.51. The summed E-state index contributed by atoms with van der Waals surface area (Å²) in [4.78, 5) is 43.2. The van der Waals surface area contributed by atoms with Gasteiger partial charge in [-0.3, -0.25) is 19.3 Å². The van der Waals surface area contributed by atoms with Crippen LogP contribution in [-0.2, 0) is 0 Å². The van der Waals surface area contributed by atoms with E-state index in [0.717, 1.165) is 18.5 Å². The maximum absolute atomic E-state index is 13.0. The van der Waals surface area contributed by atoms with Crippen molar-refractivity contribution < 1.29 is 19.5 Å². The smallest absolute Gasteiger partial charge is 0.261 e. The van der Waals surface area contributed by atoms with Crippen LogP contribution in [0.25, 0.3) is 0 Å². The number of imide groups is 1. The van der Waals surface area contributed by atoms with Crippen molar-refractivity contribution in [2.75, 3.05) is 37.6 Å². The van der Waals surface area contributed by atoms with Gasteiger partial charge in [0.25, 0.3) is 17.7 Å². The molecule has 3 amide bonds. The number of carbonyl (C=O) groups excluding carboxylic acids is 3. The molecule has 1 saturated heterocycles. The van der Waals surface area contributed by atoms with Gasteiger partial charge < -0.3 is 14.9 Å². The number of phenolic OH excluding ortho intramolecular Hbond substituents is 1. The summed E-state index contributed by atoms with van der Waals surface area (Å²) < 4.78 is 0. The number of hydrogen-bond acceptors (Lipinski definition) is 5. The lowest BCUT2D eigenvalue weighted by Crippen LogP contribution is -2.48. The fraction of sp³-hybridized carbons (Fsp3) is 0.348. The Morgan fingerprint density at radius 2 is 1.67 bits per heavy atom. The largest absolute Gasteiger partial charge is 0.506 e. The molecule has 0 radical (unpaired) electrons. The van der Waals surface area contributed by atoms with Crippen LogP contribution in [-0.4, -0.2) is 65.4 Å². The van der Waals surface area contributed by atoms with Crippen LogP contribution >= 0.6 is 0 Å². The van der Waals surface area contributed by atoms with Gasteiger partial charge in [-0.2, -0.15) is 0 Å². The SMILES string of the molecule is CCCCN1C(=O)c2ccc(C(=O)N3CCN(c4ccccc4O)CC3)cc2C1=O. The molecule has 0 aliphatic carbocycles. The highest BCUT2D eigenvalue weighted by Gasteiger charge is 2.36. The number of rotatable bonds is 5. The molecule has 2 heterocycles. The first-order chi connectivity index (χ1) is 14.5. The number of amides is 3. The van der Waals surface area contributed by atoms with Crippen LogP contribution in [0.1, 0.15) is 50.8 Å². The van der Waals surface area contributed by atoms with Gasteiger partial charge in [0.05, 0.1) is 16.8 Å². The van der Waals surface area contributed by atoms with Gasteiger partial charge in [0.2, 0.25) is 0 Å². The molecule has 0 saturated carbocycles. The van der Waals surface area contributed by atoms with E-state index in [-0.39, 0.29) is 23.5 Å². The third-order valence-corrected chi connectivity index (χ3v) is 5.74. The number of phenols is 1. The van der Waals surface area contributed by atoms with Crippen LogP contribution in [0.4, 0.5) is 5.69 Å². The summed E-state index contributed by atoms with van der Waals surface area (Å²) in [5.74, 6) is -0.519. The van der Waals surface area contributed by atoms with Gasteiger partial charge >= 0.3 is 0 Å². The van der Waals surface area contributed by atoms with Crippen LogP contribution in [0.15, 0.2) is 42.5 Å². The molecule has 2 aliphatic heterocycles. The summed E-state index contributed by atoms with van der Waals surface area (Å²) >= 11 is 0. The molecule has 7 heteroatoms. The minimum absolute atomic E-state index is 0.151. The summed E-state index contributed by atoms with van der Waals surface area (Å²) in [7, 11) is 0. The monoisotopic (exact) mass is 407 g/mol. The standard InChI is InChI=1S/C23H25N3O4/c1-2-3-10-26-22(29)17-9-8-16(15-18(17)23(26)30)21(28)25-13-11-24(12-14-25)19-6-4-5-7-20(19)27/h4-9,15,27H,2-3,10-14H2,1H3. The molecule has 1 N–H and O–H groups in total. The number of carbonyl (C=O) groups is 3. The van der Waals surface area contributed by atoms with Gasteiger partial charge in [-0.1, -0.05) is 25.5 Å². The van der Waals surface area contributed by atoms with Crippen molar-refractivity contribution >= 4 is 23.4 Å². The quantitative estimate of drug-likeness (QED) is 0.771. The highest BCUT2D eigenvalue weighted by Crippen LogP contribution is 2.28. The molecule has 4 rings (SSSR count). The topological polar surface area (TPSA) is 81.2 Å². The average Bonchev–Trinajstić information content (AvgIpc) is 3.01. The molecule has 156 valence electrons. The number of nitrogens with zero attached hydrogens (tertiary/aromatic N) is 3. The maximum atomic E-state index is 13.0. The number of para-hydroxylation sites is 2. The molecular formula is C23H25N3O4. The Morgan fingerprint density at radius 1 is 0.967 bits per heavy atom. The minimum Gasteiger partial charge on any atom is -0.506 e. The lowest BCUT2D eigenvalue weighted by molar-refractivity contribution is 0.0651. The molecule has 0 atom stereocenters. The van der Waals surface area contributed by atoms with Crippen molar-refractivity contribution in [1.29, 1.82) is 0 Å². The van der Waals surface area contributed by atoms with Crippen LogP contribution in [0.5, 0.6) is 5.75 Å². The Hall–Kier alpha value is -3.35. The highest BCUT2D eigenvalue weighted by atomic mass is 16.3. The Morgan fingerprint density at radius 3 is 2.37 bits per heavy atom. The van der Waals surface area contributed by atoms with Gasteiger partial charge in [0.15, 0.2) is 0 Å². The number of fused-ring (bicyclic) bond motifs is 1. The zero-order chi connectivity index (χ0) is 21.3. The molecule has 30 heavy (non-hydrogen) atoms. The molecule has 0 aromatic heterocycles. The minimum atomic E-state index is -0.317. The van der Waals surface area contributed by atoms with E-state index in [2.05, 4.69) is 4.90 Å². The van der Waals surface area contributed by atoms with E-state index >= 15 is 0 Å². The van der Waals surface area contributed by atoms with Crippen LogP contribution in [0.3, 0.4) is 0 Å². The predicted octanol–water partition coefficient (Wildman–Crippen LogP) is 2.75. The Kier molecular flexibility index (Phi) is 5.44. The van der Waals surface area contributed by atoms with E-state index < -0.39 is 0 Å². The summed E-state index contributed by atoms with van der Waals surface area (Å²) in [6.07, 6.45) is 1.66. The lowest BCUT2D eigenvalue weighted by Gasteiger charge is -2.36.